The van der Waals surface area contributed by atoms with Gasteiger partial charge in [0.2, 0.25) is 0 Å². The quantitative estimate of drug-likeness (QED) is 0.880. The molecule has 1 amide bonds. The Morgan fingerprint density at radius 1 is 1.24 bits per heavy atom. The van der Waals surface area contributed by atoms with Gasteiger partial charge in [-0.1, -0.05) is 37.3 Å². The Balaban J connectivity index is 1.95. The van der Waals surface area contributed by atoms with Gasteiger partial charge in [-0.3, -0.25) is 4.79 Å². The molecular weight excluding hydrogens is 230 g/mol. The number of amides is 1. The van der Waals surface area contributed by atoms with Crippen LogP contribution in [0.5, 0.6) is 0 Å². The lowest BCUT2D eigenvalue weighted by Crippen LogP contribution is -2.21. The molecule has 2 aromatic rings. The van der Waals surface area contributed by atoms with Crippen LogP contribution in [0, 0.1) is 0 Å². The molecule has 2 nitrogen and oxygen atoms in total. The molecule has 1 N–H and O–H groups in total. The van der Waals surface area contributed by atoms with Crippen molar-refractivity contribution in [1.29, 1.82) is 0 Å². The third-order valence-electron chi connectivity index (χ3n) is 2.60. The maximum absolute atomic E-state index is 11.7. The van der Waals surface area contributed by atoms with E-state index in [0.29, 0.717) is 6.54 Å². The Morgan fingerprint density at radius 3 is 2.76 bits per heavy atom. The number of aryl methyl sites for hydroxylation is 1. The Morgan fingerprint density at radius 2 is 2.06 bits per heavy atom. The first kappa shape index (κ1) is 11.9. The fourth-order valence-electron chi connectivity index (χ4n) is 1.64. The van der Waals surface area contributed by atoms with Crippen molar-refractivity contribution in [1.82, 2.24) is 5.32 Å². The average Bonchev–Trinajstić information content (AvgIpc) is 2.90. The van der Waals surface area contributed by atoms with Gasteiger partial charge in [-0.05, 0) is 29.0 Å². The highest BCUT2D eigenvalue weighted by molar-refractivity contribution is 7.12. The van der Waals surface area contributed by atoms with E-state index in [4.69, 9.17) is 0 Å². The molecule has 0 saturated heterocycles. The molecule has 0 aliphatic rings. The van der Waals surface area contributed by atoms with Gasteiger partial charge in [0, 0.05) is 6.54 Å². The first-order valence-corrected chi connectivity index (χ1v) is 6.57. The van der Waals surface area contributed by atoms with Crippen molar-refractivity contribution in [3.63, 3.8) is 0 Å². The van der Waals surface area contributed by atoms with Crippen molar-refractivity contribution < 1.29 is 4.79 Å². The maximum atomic E-state index is 11.7. The SMILES string of the molecule is CCc1cccc(CNC(=O)c2cccs2)c1. The van der Waals surface area contributed by atoms with Crippen molar-refractivity contribution in [2.45, 2.75) is 19.9 Å². The zero-order valence-corrected chi connectivity index (χ0v) is 10.6. The number of hydrogen-bond acceptors (Lipinski definition) is 2. The lowest BCUT2D eigenvalue weighted by molar-refractivity contribution is 0.0955. The molecule has 0 unspecified atom stereocenters. The van der Waals surface area contributed by atoms with E-state index in [1.54, 1.807) is 0 Å². The van der Waals surface area contributed by atoms with Crippen LogP contribution in [0.2, 0.25) is 0 Å². The molecule has 0 radical (unpaired) electrons. The second kappa shape index (κ2) is 5.64. The second-order valence-corrected chi connectivity index (χ2v) is 4.78. The van der Waals surface area contributed by atoms with E-state index in [-0.39, 0.29) is 5.91 Å². The summed E-state index contributed by atoms with van der Waals surface area (Å²) in [5, 5.41) is 4.83. The summed E-state index contributed by atoms with van der Waals surface area (Å²) in [4.78, 5) is 12.5. The van der Waals surface area contributed by atoms with Crippen LogP contribution in [0.15, 0.2) is 41.8 Å². The van der Waals surface area contributed by atoms with E-state index < -0.39 is 0 Å². The van der Waals surface area contributed by atoms with Crippen molar-refractivity contribution in [2.75, 3.05) is 0 Å². The third kappa shape index (κ3) is 3.17. The van der Waals surface area contributed by atoms with Crippen LogP contribution in [0.25, 0.3) is 0 Å². The summed E-state index contributed by atoms with van der Waals surface area (Å²) in [5.74, 6) is 0.00176. The summed E-state index contributed by atoms with van der Waals surface area (Å²) < 4.78 is 0. The Bertz CT molecular complexity index is 491. The monoisotopic (exact) mass is 245 g/mol. The van der Waals surface area contributed by atoms with Gasteiger partial charge < -0.3 is 5.32 Å². The molecule has 1 aromatic heterocycles. The lowest BCUT2D eigenvalue weighted by Gasteiger charge is -2.05. The normalized spacial score (nSPS) is 10.2. The van der Waals surface area contributed by atoms with Gasteiger partial charge in [-0.15, -0.1) is 11.3 Å². The zero-order valence-electron chi connectivity index (χ0n) is 9.77. The molecule has 1 aromatic carbocycles. The second-order valence-electron chi connectivity index (χ2n) is 3.83. The van der Waals surface area contributed by atoms with Gasteiger partial charge in [0.1, 0.15) is 0 Å². The van der Waals surface area contributed by atoms with Crippen LogP contribution in [-0.2, 0) is 13.0 Å². The molecule has 0 spiro atoms. The zero-order chi connectivity index (χ0) is 12.1. The largest absolute Gasteiger partial charge is 0.347 e. The molecule has 0 aliphatic heterocycles. The highest BCUT2D eigenvalue weighted by atomic mass is 32.1. The van der Waals surface area contributed by atoms with Crippen molar-refractivity contribution in [3.8, 4) is 0 Å². The van der Waals surface area contributed by atoms with E-state index in [1.165, 1.54) is 16.9 Å². The first-order chi connectivity index (χ1) is 8.29. The number of carbonyl (C=O) groups is 1. The predicted molar refractivity (Wildman–Crippen MR) is 71.3 cm³/mol. The molecule has 1 heterocycles. The minimum Gasteiger partial charge on any atom is -0.347 e. The predicted octanol–water partition coefficient (Wildman–Crippen LogP) is 3.24. The van der Waals surface area contributed by atoms with E-state index in [9.17, 15) is 4.79 Å². The highest BCUT2D eigenvalue weighted by Gasteiger charge is 2.05. The molecule has 0 fully saturated rings. The molecule has 0 saturated carbocycles. The van der Waals surface area contributed by atoms with E-state index in [1.807, 2.05) is 29.6 Å². The van der Waals surface area contributed by atoms with Crippen LogP contribution in [-0.4, -0.2) is 5.91 Å². The van der Waals surface area contributed by atoms with Gasteiger partial charge in [0.25, 0.3) is 5.91 Å². The molecule has 0 aliphatic carbocycles. The smallest absolute Gasteiger partial charge is 0.261 e. The summed E-state index contributed by atoms with van der Waals surface area (Å²) in [6, 6.07) is 12.0. The topological polar surface area (TPSA) is 29.1 Å². The average molecular weight is 245 g/mol. The number of nitrogens with one attached hydrogen (secondary N) is 1. The van der Waals surface area contributed by atoms with Crippen molar-refractivity contribution in [2.24, 2.45) is 0 Å². The van der Waals surface area contributed by atoms with Crippen molar-refractivity contribution >= 4 is 17.2 Å². The van der Waals surface area contributed by atoms with Crippen LogP contribution in [0.1, 0.15) is 27.7 Å². The van der Waals surface area contributed by atoms with Crippen LogP contribution >= 0.6 is 11.3 Å². The van der Waals surface area contributed by atoms with Crippen molar-refractivity contribution in [3.05, 3.63) is 57.8 Å². The number of hydrogen-bond donors (Lipinski definition) is 1. The number of thiophene rings is 1. The van der Waals surface area contributed by atoms with E-state index in [2.05, 4.69) is 24.4 Å². The fraction of sp³-hybridized carbons (Fsp3) is 0.214. The molecule has 0 bridgehead atoms. The fourth-order valence-corrected chi connectivity index (χ4v) is 2.28. The molecule has 0 atom stereocenters. The maximum Gasteiger partial charge on any atom is 0.261 e. The molecule has 2 rings (SSSR count). The standard InChI is InChI=1S/C14H15NOS/c1-2-11-5-3-6-12(9-11)10-15-14(16)13-7-4-8-17-13/h3-9H,2,10H2,1H3,(H,15,16). The summed E-state index contributed by atoms with van der Waals surface area (Å²) in [6.07, 6.45) is 1.02. The van der Waals surface area contributed by atoms with Gasteiger partial charge in [0.15, 0.2) is 0 Å². The van der Waals surface area contributed by atoms with Crippen LogP contribution in [0.3, 0.4) is 0 Å². The summed E-state index contributed by atoms with van der Waals surface area (Å²) in [5.41, 5.74) is 2.45. The minimum absolute atomic E-state index is 0.00176. The van der Waals surface area contributed by atoms with Gasteiger partial charge >= 0.3 is 0 Å². The Hall–Kier alpha value is -1.61. The summed E-state index contributed by atoms with van der Waals surface area (Å²) in [6.45, 7) is 2.72. The Kier molecular flexibility index (Phi) is 3.94. The highest BCUT2D eigenvalue weighted by Crippen LogP contribution is 2.09. The minimum atomic E-state index is 0.00176. The van der Waals surface area contributed by atoms with E-state index >= 15 is 0 Å². The van der Waals surface area contributed by atoms with Gasteiger partial charge in [-0.25, -0.2) is 0 Å². The van der Waals surface area contributed by atoms with Gasteiger partial charge in [-0.2, -0.15) is 0 Å². The number of benzene rings is 1. The third-order valence-corrected chi connectivity index (χ3v) is 3.47. The van der Waals surface area contributed by atoms with Crippen LogP contribution < -0.4 is 5.32 Å². The lowest BCUT2D eigenvalue weighted by atomic mass is 10.1. The molecular formula is C14H15NOS. The molecule has 17 heavy (non-hydrogen) atoms. The molecule has 88 valence electrons. The van der Waals surface area contributed by atoms with Gasteiger partial charge in [0.05, 0.1) is 4.88 Å². The number of rotatable bonds is 4. The number of carbonyl (C=O) groups excluding carboxylic acids is 1. The summed E-state index contributed by atoms with van der Waals surface area (Å²) >= 11 is 1.46. The molecule has 3 heteroatoms. The van der Waals surface area contributed by atoms with Crippen LogP contribution in [0.4, 0.5) is 0 Å². The summed E-state index contributed by atoms with van der Waals surface area (Å²) in [7, 11) is 0. The first-order valence-electron chi connectivity index (χ1n) is 5.69. The van der Waals surface area contributed by atoms with E-state index in [0.717, 1.165) is 16.9 Å². The Labute approximate surface area is 105 Å².